The second-order valence-corrected chi connectivity index (χ2v) is 8.38. The second-order valence-electron chi connectivity index (χ2n) is 7.49. The van der Waals surface area contributed by atoms with Gasteiger partial charge in [-0.05, 0) is 29.3 Å². The summed E-state index contributed by atoms with van der Waals surface area (Å²) in [6, 6.07) is 33.6. The number of benzene rings is 4. The molecule has 0 spiro atoms. The van der Waals surface area contributed by atoms with E-state index in [9.17, 15) is 0 Å². The highest BCUT2D eigenvalue weighted by Crippen LogP contribution is 2.37. The molecule has 0 fully saturated rings. The fraction of sp³-hybridized carbons (Fsp3) is 0. The summed E-state index contributed by atoms with van der Waals surface area (Å²) in [5.41, 5.74) is 9.52. The van der Waals surface area contributed by atoms with Gasteiger partial charge in [0.1, 0.15) is 6.33 Å². The van der Waals surface area contributed by atoms with Crippen molar-refractivity contribution in [3.8, 4) is 39.3 Å². The Morgan fingerprint density at radius 2 is 1.34 bits per heavy atom. The third kappa shape index (κ3) is 3.20. The Kier molecular flexibility index (Phi) is 4.59. The summed E-state index contributed by atoms with van der Waals surface area (Å²) in [6.07, 6.45) is 1.81. The van der Waals surface area contributed by atoms with Gasteiger partial charge in [-0.2, -0.15) is 0 Å². The topological polar surface area (TPSA) is 43.6 Å². The number of aromatic nitrogens is 4. The molecule has 6 rings (SSSR count). The zero-order chi connectivity index (χ0) is 21.3. The summed E-state index contributed by atoms with van der Waals surface area (Å²) in [4.78, 5) is 4.40. The van der Waals surface area contributed by atoms with Gasteiger partial charge in [-0.15, -0.1) is 21.5 Å². The molecular weight excluding hydrogens is 412 g/mol. The van der Waals surface area contributed by atoms with E-state index >= 15 is 0 Å². The van der Waals surface area contributed by atoms with Gasteiger partial charge >= 0.3 is 0 Å². The Bertz CT molecular complexity index is 1460. The first-order valence-electron chi connectivity index (χ1n) is 10.4. The zero-order valence-electron chi connectivity index (χ0n) is 17.1. The van der Waals surface area contributed by atoms with Crippen LogP contribution in [0, 0.1) is 0 Å². The minimum Gasteiger partial charge on any atom is -0.280 e. The summed E-state index contributed by atoms with van der Waals surface area (Å²) < 4.78 is 3.24. The van der Waals surface area contributed by atoms with Crippen LogP contribution in [-0.4, -0.2) is 19.7 Å². The van der Waals surface area contributed by atoms with E-state index in [1.807, 2.05) is 23.7 Å². The van der Waals surface area contributed by atoms with Crippen molar-refractivity contribution in [2.24, 2.45) is 0 Å². The van der Waals surface area contributed by atoms with Gasteiger partial charge in [0.05, 0.1) is 21.4 Å². The highest BCUT2D eigenvalue weighted by Gasteiger charge is 2.18. The van der Waals surface area contributed by atoms with Crippen LogP contribution in [0.1, 0.15) is 0 Å². The predicted octanol–water partition coefficient (Wildman–Crippen LogP) is 6.88. The maximum absolute atomic E-state index is 4.52. The Labute approximate surface area is 189 Å². The van der Waals surface area contributed by atoms with Crippen molar-refractivity contribution in [2.45, 2.75) is 0 Å². The molecule has 0 unspecified atom stereocenters. The maximum Gasteiger partial charge on any atom is 0.168 e. The van der Waals surface area contributed by atoms with Gasteiger partial charge < -0.3 is 0 Å². The Hall–Kier alpha value is -4.09. The molecule has 2 aromatic heterocycles. The summed E-state index contributed by atoms with van der Waals surface area (Å²) in [5.74, 6) is 0.806. The average molecular weight is 431 g/mol. The van der Waals surface area contributed by atoms with Crippen LogP contribution in [-0.2, 0) is 0 Å². The fourth-order valence-electron chi connectivity index (χ4n) is 4.09. The molecule has 0 aliphatic carbocycles. The number of nitrogens with zero attached hydrogens (tertiary/aromatic N) is 4. The van der Waals surface area contributed by atoms with Crippen molar-refractivity contribution in [1.29, 1.82) is 0 Å². The number of rotatable bonds is 4. The minimum atomic E-state index is 0.806. The van der Waals surface area contributed by atoms with Crippen LogP contribution < -0.4 is 0 Å². The Morgan fingerprint density at radius 3 is 2.03 bits per heavy atom. The van der Waals surface area contributed by atoms with Gasteiger partial charge in [0.2, 0.25) is 0 Å². The molecule has 2 heterocycles. The van der Waals surface area contributed by atoms with Crippen molar-refractivity contribution in [3.63, 3.8) is 0 Å². The highest BCUT2D eigenvalue weighted by molar-refractivity contribution is 7.16. The monoisotopic (exact) mass is 430 g/mol. The lowest BCUT2D eigenvalue weighted by Gasteiger charge is -2.18. The maximum atomic E-state index is 4.52. The van der Waals surface area contributed by atoms with Crippen LogP contribution in [0.3, 0.4) is 0 Å². The molecule has 0 saturated heterocycles. The molecule has 0 radical (unpaired) electrons. The van der Waals surface area contributed by atoms with Gasteiger partial charge in [-0.3, -0.25) is 4.57 Å². The molecule has 0 N–H and O–H groups in total. The minimum absolute atomic E-state index is 0.806. The Morgan fingerprint density at radius 1 is 0.656 bits per heavy atom. The van der Waals surface area contributed by atoms with E-state index in [1.165, 1.54) is 0 Å². The van der Waals surface area contributed by atoms with Crippen LogP contribution in [0.2, 0.25) is 0 Å². The van der Waals surface area contributed by atoms with Gasteiger partial charge in [-0.25, -0.2) is 4.98 Å². The van der Waals surface area contributed by atoms with Crippen molar-refractivity contribution < 1.29 is 0 Å². The summed E-state index contributed by atoms with van der Waals surface area (Å²) in [7, 11) is 0. The van der Waals surface area contributed by atoms with E-state index in [0.717, 1.165) is 49.5 Å². The van der Waals surface area contributed by atoms with Crippen molar-refractivity contribution in [3.05, 3.63) is 109 Å². The van der Waals surface area contributed by atoms with E-state index in [0.29, 0.717) is 0 Å². The van der Waals surface area contributed by atoms with Crippen molar-refractivity contribution in [2.75, 3.05) is 0 Å². The molecule has 0 saturated carbocycles. The lowest BCUT2D eigenvalue weighted by Crippen LogP contribution is -2.02. The number of hydrogen-bond donors (Lipinski definition) is 0. The van der Waals surface area contributed by atoms with E-state index in [1.54, 1.807) is 17.7 Å². The van der Waals surface area contributed by atoms with Gasteiger partial charge in [0.25, 0.3) is 0 Å². The number of para-hydroxylation sites is 1. The molecule has 0 bridgehead atoms. The molecule has 32 heavy (non-hydrogen) atoms. The molecule has 0 aliphatic heterocycles. The molecular formula is C27H18N4S. The molecule has 4 aromatic carbocycles. The van der Waals surface area contributed by atoms with E-state index in [-0.39, 0.29) is 0 Å². The number of hydrogen-bond acceptors (Lipinski definition) is 4. The summed E-state index contributed by atoms with van der Waals surface area (Å²) in [6.45, 7) is 0. The number of fused-ring (bicyclic) bond motifs is 1. The van der Waals surface area contributed by atoms with Crippen molar-refractivity contribution in [1.82, 2.24) is 19.7 Å². The van der Waals surface area contributed by atoms with Crippen LogP contribution in [0.4, 0.5) is 0 Å². The first-order chi connectivity index (χ1) is 15.9. The largest absolute Gasteiger partial charge is 0.280 e. The average Bonchev–Trinajstić information content (AvgIpc) is 3.54. The van der Waals surface area contributed by atoms with Crippen LogP contribution in [0.25, 0.3) is 49.5 Å². The van der Waals surface area contributed by atoms with Gasteiger partial charge in [0, 0.05) is 16.7 Å². The molecule has 5 heteroatoms. The second kappa shape index (κ2) is 7.87. The third-order valence-corrected chi connectivity index (χ3v) is 6.38. The van der Waals surface area contributed by atoms with E-state index < -0.39 is 0 Å². The molecule has 6 aromatic rings. The first-order valence-corrected chi connectivity index (χ1v) is 11.2. The summed E-state index contributed by atoms with van der Waals surface area (Å²) in [5, 5.41) is 8.83. The van der Waals surface area contributed by atoms with Crippen LogP contribution in [0.15, 0.2) is 109 Å². The molecule has 0 atom stereocenters. The highest BCUT2D eigenvalue weighted by atomic mass is 32.1. The summed E-state index contributed by atoms with van der Waals surface area (Å²) >= 11 is 1.63. The van der Waals surface area contributed by atoms with Crippen molar-refractivity contribution >= 4 is 21.6 Å². The van der Waals surface area contributed by atoms with Crippen LogP contribution >= 0.6 is 11.3 Å². The standard InChI is InChI=1S/C27H18N4S/c1-3-8-19(9-4-1)22-12-7-13-23(20-10-5-2-6-11-20)26(22)31-17-29-30-27(31)21-14-15-24-25(16-21)32-18-28-24/h1-18H. The SMILES string of the molecule is c1ccc(-c2cccc(-c3ccccc3)c2-n2cnnc2-c2ccc3ncsc3c2)cc1. The smallest absolute Gasteiger partial charge is 0.168 e. The van der Waals surface area contributed by atoms with Gasteiger partial charge in [-0.1, -0.05) is 78.9 Å². The normalized spacial score (nSPS) is 11.1. The molecule has 4 nitrogen and oxygen atoms in total. The van der Waals surface area contributed by atoms with E-state index in [2.05, 4.69) is 98.6 Å². The molecule has 0 aliphatic rings. The van der Waals surface area contributed by atoms with E-state index in [4.69, 9.17) is 0 Å². The first kappa shape index (κ1) is 18.7. The predicted molar refractivity (Wildman–Crippen MR) is 131 cm³/mol. The lowest BCUT2D eigenvalue weighted by atomic mass is 9.95. The molecule has 0 amide bonds. The fourth-order valence-corrected chi connectivity index (χ4v) is 4.81. The third-order valence-electron chi connectivity index (χ3n) is 5.58. The zero-order valence-corrected chi connectivity index (χ0v) is 17.9. The Balaban J connectivity index is 1.63. The van der Waals surface area contributed by atoms with Crippen LogP contribution in [0.5, 0.6) is 0 Å². The lowest BCUT2D eigenvalue weighted by molar-refractivity contribution is 1.07. The number of thiazole rings is 1. The molecule has 152 valence electrons. The van der Waals surface area contributed by atoms with Gasteiger partial charge in [0.15, 0.2) is 5.82 Å². The quantitative estimate of drug-likeness (QED) is 0.306.